The summed E-state index contributed by atoms with van der Waals surface area (Å²) >= 11 is 7.36. The molecule has 0 spiro atoms. The molecule has 0 bridgehead atoms. The van der Waals surface area contributed by atoms with Crippen molar-refractivity contribution in [3.63, 3.8) is 0 Å². The van der Waals surface area contributed by atoms with E-state index in [1.165, 1.54) is 28.8 Å². The third-order valence-corrected chi connectivity index (χ3v) is 6.83. The van der Waals surface area contributed by atoms with E-state index in [-0.39, 0.29) is 27.4 Å². The van der Waals surface area contributed by atoms with E-state index < -0.39 is 22.5 Å². The lowest BCUT2D eigenvalue weighted by Gasteiger charge is -2.24. The quantitative estimate of drug-likeness (QED) is 0.263. The largest absolute Gasteiger partial charge is 0.494 e. The monoisotopic (exact) mass is 527 g/mol. The summed E-state index contributed by atoms with van der Waals surface area (Å²) in [7, 11) is 0. The first-order valence-electron chi connectivity index (χ1n) is 11.1. The van der Waals surface area contributed by atoms with Crippen molar-refractivity contribution >= 4 is 40.7 Å². The van der Waals surface area contributed by atoms with Gasteiger partial charge in [0.05, 0.1) is 40.0 Å². The van der Waals surface area contributed by atoms with Crippen molar-refractivity contribution < 1.29 is 19.2 Å². The molecule has 0 aliphatic carbocycles. The molecule has 0 saturated carbocycles. The molecule has 11 heteroatoms. The van der Waals surface area contributed by atoms with Crippen molar-refractivity contribution in [2.24, 2.45) is 4.99 Å². The maximum Gasteiger partial charge on any atom is 0.338 e. The molecule has 1 aliphatic heterocycles. The number of carbonyl (C=O) groups is 1. The number of nitro groups is 1. The third kappa shape index (κ3) is 4.82. The minimum absolute atomic E-state index is 0.147. The molecule has 0 unspecified atom stereocenters. The molecule has 0 amide bonds. The Bertz CT molecular complexity index is 1560. The number of hydrogen-bond donors (Lipinski definition) is 0. The minimum atomic E-state index is -0.779. The van der Waals surface area contributed by atoms with Crippen molar-refractivity contribution in [2.45, 2.75) is 26.8 Å². The number of carbonyl (C=O) groups excluding carboxylic acids is 1. The van der Waals surface area contributed by atoms with Crippen LogP contribution in [0.25, 0.3) is 6.08 Å². The van der Waals surface area contributed by atoms with Gasteiger partial charge in [-0.05, 0) is 50.6 Å². The number of esters is 1. The van der Waals surface area contributed by atoms with E-state index in [1.54, 1.807) is 38.1 Å². The molecule has 4 rings (SSSR count). The number of fused-ring (bicyclic) bond motifs is 1. The van der Waals surface area contributed by atoms with Crippen molar-refractivity contribution in [3.8, 4) is 5.75 Å². The number of rotatable bonds is 7. The fourth-order valence-electron chi connectivity index (χ4n) is 3.92. The first-order valence-corrected chi connectivity index (χ1v) is 12.3. The lowest BCUT2D eigenvalue weighted by atomic mass is 9.96. The van der Waals surface area contributed by atoms with Crippen LogP contribution in [0.1, 0.15) is 37.9 Å². The van der Waals surface area contributed by atoms with Crippen LogP contribution in [0.2, 0.25) is 5.02 Å². The summed E-state index contributed by atoms with van der Waals surface area (Å²) < 4.78 is 12.5. The van der Waals surface area contributed by atoms with Gasteiger partial charge < -0.3 is 9.47 Å². The van der Waals surface area contributed by atoms with E-state index in [2.05, 4.69) is 4.99 Å². The zero-order valence-corrected chi connectivity index (χ0v) is 21.3. The van der Waals surface area contributed by atoms with Gasteiger partial charge in [-0.3, -0.25) is 19.5 Å². The number of nitrogens with zero attached hydrogens (tertiary/aromatic N) is 3. The van der Waals surface area contributed by atoms with Crippen LogP contribution in [0.15, 0.2) is 63.5 Å². The highest BCUT2D eigenvalue weighted by Gasteiger charge is 2.33. The van der Waals surface area contributed by atoms with Gasteiger partial charge in [0.15, 0.2) is 4.80 Å². The van der Waals surface area contributed by atoms with Gasteiger partial charge in [-0.25, -0.2) is 9.79 Å². The molecule has 1 atom stereocenters. The van der Waals surface area contributed by atoms with E-state index in [4.69, 9.17) is 21.1 Å². The Morgan fingerprint density at radius 2 is 1.94 bits per heavy atom. The van der Waals surface area contributed by atoms with Crippen LogP contribution in [0.5, 0.6) is 5.75 Å². The molecular formula is C25H22ClN3O6S. The topological polar surface area (TPSA) is 113 Å². The van der Waals surface area contributed by atoms with Crippen molar-refractivity contribution in [3.05, 3.63) is 99.7 Å². The third-order valence-electron chi connectivity index (χ3n) is 5.50. The molecule has 3 aromatic rings. The van der Waals surface area contributed by atoms with Crippen LogP contribution in [0, 0.1) is 10.1 Å². The summed E-state index contributed by atoms with van der Waals surface area (Å²) in [4.78, 5) is 42.2. The number of nitro benzene ring substituents is 1. The van der Waals surface area contributed by atoms with Gasteiger partial charge in [0.25, 0.3) is 11.2 Å². The van der Waals surface area contributed by atoms with Crippen LogP contribution < -0.4 is 19.6 Å². The zero-order valence-electron chi connectivity index (χ0n) is 19.7. The summed E-state index contributed by atoms with van der Waals surface area (Å²) in [6.07, 6.45) is 1.50. The molecule has 0 N–H and O–H groups in total. The zero-order chi connectivity index (χ0) is 26.0. The van der Waals surface area contributed by atoms with Crippen molar-refractivity contribution in [2.75, 3.05) is 13.2 Å². The maximum absolute atomic E-state index is 13.6. The molecule has 0 radical (unpaired) electrons. The molecule has 186 valence electrons. The van der Waals surface area contributed by atoms with Gasteiger partial charge in [0.1, 0.15) is 5.75 Å². The molecule has 36 heavy (non-hydrogen) atoms. The lowest BCUT2D eigenvalue weighted by molar-refractivity contribution is -0.384. The smallest absolute Gasteiger partial charge is 0.338 e. The Labute approximate surface area is 214 Å². The molecule has 0 fully saturated rings. The predicted molar refractivity (Wildman–Crippen MR) is 136 cm³/mol. The Kier molecular flexibility index (Phi) is 7.37. The normalized spacial score (nSPS) is 15.3. The van der Waals surface area contributed by atoms with E-state index in [1.807, 2.05) is 6.92 Å². The Balaban J connectivity index is 1.93. The molecule has 1 aliphatic rings. The summed E-state index contributed by atoms with van der Waals surface area (Å²) in [5, 5.41) is 11.5. The first-order chi connectivity index (χ1) is 17.2. The number of ether oxygens (including phenoxy) is 2. The first kappa shape index (κ1) is 25.3. The average molecular weight is 528 g/mol. The SMILES string of the molecule is CCOC(=O)C1=C(C)N=c2s/c(=C/c3cc([N+](=O)[O-])ccc3Cl)c(=O)n2[C@@H]1c1ccc(OCC)cc1. The number of aromatic nitrogens is 1. The Morgan fingerprint density at radius 1 is 1.22 bits per heavy atom. The van der Waals surface area contributed by atoms with E-state index in [0.717, 1.165) is 11.3 Å². The summed E-state index contributed by atoms with van der Waals surface area (Å²) in [5.41, 5.74) is 1.15. The molecular weight excluding hydrogens is 506 g/mol. The van der Waals surface area contributed by atoms with Gasteiger partial charge >= 0.3 is 5.97 Å². The number of benzene rings is 2. The van der Waals surface area contributed by atoms with Gasteiger partial charge in [0.2, 0.25) is 0 Å². The lowest BCUT2D eigenvalue weighted by Crippen LogP contribution is -2.39. The van der Waals surface area contributed by atoms with Gasteiger partial charge in [-0.2, -0.15) is 0 Å². The highest BCUT2D eigenvalue weighted by atomic mass is 35.5. The highest BCUT2D eigenvalue weighted by molar-refractivity contribution is 7.07. The second-order valence-corrected chi connectivity index (χ2v) is 9.18. The van der Waals surface area contributed by atoms with Gasteiger partial charge in [-0.15, -0.1) is 0 Å². The van der Waals surface area contributed by atoms with Crippen LogP contribution in [0.4, 0.5) is 5.69 Å². The molecule has 1 aromatic heterocycles. The summed E-state index contributed by atoms with van der Waals surface area (Å²) in [6, 6.07) is 10.4. The molecule has 0 saturated heterocycles. The van der Waals surface area contributed by atoms with Crippen LogP contribution in [-0.4, -0.2) is 28.7 Å². The van der Waals surface area contributed by atoms with Crippen LogP contribution in [0.3, 0.4) is 0 Å². The van der Waals surface area contributed by atoms with Crippen molar-refractivity contribution in [1.29, 1.82) is 0 Å². The Morgan fingerprint density at radius 3 is 2.58 bits per heavy atom. The van der Waals surface area contributed by atoms with E-state index in [0.29, 0.717) is 34.0 Å². The van der Waals surface area contributed by atoms with Crippen LogP contribution in [-0.2, 0) is 9.53 Å². The second kappa shape index (κ2) is 10.5. The van der Waals surface area contributed by atoms with E-state index >= 15 is 0 Å². The van der Waals surface area contributed by atoms with Gasteiger partial charge in [-0.1, -0.05) is 35.1 Å². The number of halogens is 1. The molecule has 9 nitrogen and oxygen atoms in total. The highest BCUT2D eigenvalue weighted by Crippen LogP contribution is 2.31. The molecule has 2 aromatic carbocycles. The number of allylic oxidation sites excluding steroid dienone is 1. The number of non-ortho nitro benzene ring substituents is 1. The van der Waals surface area contributed by atoms with E-state index in [9.17, 15) is 19.7 Å². The standard InChI is InChI=1S/C25H22ClN3O6S/c1-4-34-18-9-6-15(7-10-18)22-21(24(31)35-5-2)14(3)27-25-28(22)23(30)20(36-25)13-16-12-17(29(32)33)8-11-19(16)26/h6-13,22H,4-5H2,1-3H3/b20-13+/t22-/m1/s1. The summed E-state index contributed by atoms with van der Waals surface area (Å²) in [6.45, 7) is 5.95. The molecule has 2 heterocycles. The average Bonchev–Trinajstić information content (AvgIpc) is 3.14. The number of hydrogen-bond acceptors (Lipinski definition) is 8. The summed E-state index contributed by atoms with van der Waals surface area (Å²) in [5.74, 6) is 0.0981. The predicted octanol–water partition coefficient (Wildman–Crippen LogP) is 3.76. The maximum atomic E-state index is 13.6. The Hall–Kier alpha value is -3.76. The van der Waals surface area contributed by atoms with Crippen molar-refractivity contribution in [1.82, 2.24) is 4.57 Å². The van der Waals surface area contributed by atoms with Crippen LogP contribution >= 0.6 is 22.9 Å². The fraction of sp³-hybridized carbons (Fsp3) is 0.240. The fourth-order valence-corrected chi connectivity index (χ4v) is 5.13. The number of thiazole rings is 1. The van der Waals surface area contributed by atoms with Gasteiger partial charge in [0, 0.05) is 22.7 Å². The second-order valence-electron chi connectivity index (χ2n) is 7.77. The minimum Gasteiger partial charge on any atom is -0.494 e.